The number of carboxylic acids is 1. The van der Waals surface area contributed by atoms with Crippen LogP contribution in [0.15, 0.2) is 25.0 Å². The monoisotopic (exact) mass is 260 g/mol. The van der Waals surface area contributed by atoms with Gasteiger partial charge in [-0.2, -0.15) is 0 Å². The standard InChI is InChI=1S/C9H12N2O2.BrH/c1-2-7(3-4-8(12)13)9-10-5-6-11-9;/h2,5-7H,1,3-4H2,(H,10,11)(H,12,13);1H. The second-order valence-corrected chi connectivity index (χ2v) is 2.75. The number of rotatable bonds is 5. The number of hydrogen-bond donors (Lipinski definition) is 2. The molecule has 0 saturated heterocycles. The maximum Gasteiger partial charge on any atom is 0.303 e. The zero-order chi connectivity index (χ0) is 9.68. The Bertz CT molecular complexity index is 285. The van der Waals surface area contributed by atoms with Crippen molar-refractivity contribution in [2.75, 3.05) is 0 Å². The fourth-order valence-corrected chi connectivity index (χ4v) is 1.13. The van der Waals surface area contributed by atoms with Crippen molar-refractivity contribution in [1.29, 1.82) is 0 Å². The lowest BCUT2D eigenvalue weighted by Gasteiger charge is -2.06. The average Bonchev–Trinajstić information content (AvgIpc) is 2.58. The molecule has 0 aliphatic heterocycles. The van der Waals surface area contributed by atoms with E-state index in [1.54, 1.807) is 18.5 Å². The van der Waals surface area contributed by atoms with Gasteiger partial charge in [0.1, 0.15) is 5.82 Å². The maximum absolute atomic E-state index is 10.3. The van der Waals surface area contributed by atoms with E-state index in [4.69, 9.17) is 5.11 Å². The Kier molecular flexibility index (Phi) is 5.87. The van der Waals surface area contributed by atoms with Crippen molar-refractivity contribution in [1.82, 2.24) is 9.97 Å². The van der Waals surface area contributed by atoms with E-state index in [1.165, 1.54) is 0 Å². The van der Waals surface area contributed by atoms with Crippen LogP contribution in [0.4, 0.5) is 0 Å². The minimum atomic E-state index is -0.793. The Morgan fingerprint density at radius 2 is 2.50 bits per heavy atom. The minimum absolute atomic E-state index is 0. The molecule has 0 aliphatic rings. The third-order valence-electron chi connectivity index (χ3n) is 1.82. The molecule has 1 aromatic heterocycles. The molecule has 14 heavy (non-hydrogen) atoms. The van der Waals surface area contributed by atoms with E-state index in [0.29, 0.717) is 6.42 Å². The molecule has 2 N–H and O–H groups in total. The highest BCUT2D eigenvalue weighted by Gasteiger charge is 2.11. The van der Waals surface area contributed by atoms with Crippen LogP contribution in [0.1, 0.15) is 24.6 Å². The Morgan fingerprint density at radius 3 is 2.93 bits per heavy atom. The molecule has 0 amide bonds. The van der Waals surface area contributed by atoms with Crippen LogP contribution in [-0.4, -0.2) is 21.0 Å². The Labute approximate surface area is 92.8 Å². The molecule has 0 spiro atoms. The van der Waals surface area contributed by atoms with Crippen LogP contribution in [0.2, 0.25) is 0 Å². The summed E-state index contributed by atoms with van der Waals surface area (Å²) in [5.74, 6) is -0.0132. The largest absolute Gasteiger partial charge is 0.481 e. The molecule has 0 radical (unpaired) electrons. The van der Waals surface area contributed by atoms with Gasteiger partial charge in [-0.25, -0.2) is 4.98 Å². The normalized spacial score (nSPS) is 11.4. The molecular weight excluding hydrogens is 248 g/mol. The fourth-order valence-electron chi connectivity index (χ4n) is 1.13. The van der Waals surface area contributed by atoms with E-state index < -0.39 is 5.97 Å². The second-order valence-electron chi connectivity index (χ2n) is 2.75. The van der Waals surface area contributed by atoms with Crippen molar-refractivity contribution in [2.24, 2.45) is 0 Å². The van der Waals surface area contributed by atoms with Gasteiger partial charge in [-0.3, -0.25) is 4.79 Å². The predicted molar refractivity (Wildman–Crippen MR) is 58.7 cm³/mol. The zero-order valence-electron chi connectivity index (χ0n) is 7.64. The first-order chi connectivity index (χ1) is 6.24. The molecule has 1 unspecified atom stereocenters. The summed E-state index contributed by atoms with van der Waals surface area (Å²) in [5.41, 5.74) is 0. The summed E-state index contributed by atoms with van der Waals surface area (Å²) in [7, 11) is 0. The molecule has 0 saturated carbocycles. The summed E-state index contributed by atoms with van der Waals surface area (Å²) in [6.07, 6.45) is 5.74. The molecule has 4 nitrogen and oxygen atoms in total. The smallest absolute Gasteiger partial charge is 0.303 e. The number of nitrogens with zero attached hydrogens (tertiary/aromatic N) is 1. The number of aliphatic carboxylic acids is 1. The Morgan fingerprint density at radius 1 is 1.79 bits per heavy atom. The van der Waals surface area contributed by atoms with Crippen molar-refractivity contribution in [3.05, 3.63) is 30.9 Å². The average molecular weight is 261 g/mol. The van der Waals surface area contributed by atoms with Gasteiger partial charge in [-0.15, -0.1) is 23.6 Å². The number of aromatic nitrogens is 2. The van der Waals surface area contributed by atoms with Crippen molar-refractivity contribution in [3.8, 4) is 0 Å². The lowest BCUT2D eigenvalue weighted by Crippen LogP contribution is -2.02. The van der Waals surface area contributed by atoms with Crippen molar-refractivity contribution >= 4 is 23.0 Å². The quantitative estimate of drug-likeness (QED) is 0.798. The van der Waals surface area contributed by atoms with E-state index >= 15 is 0 Å². The summed E-state index contributed by atoms with van der Waals surface area (Å²) >= 11 is 0. The summed E-state index contributed by atoms with van der Waals surface area (Å²) in [4.78, 5) is 17.3. The Hall–Kier alpha value is -1.10. The van der Waals surface area contributed by atoms with Crippen molar-refractivity contribution in [2.45, 2.75) is 18.8 Å². The van der Waals surface area contributed by atoms with Crippen molar-refractivity contribution < 1.29 is 9.90 Å². The van der Waals surface area contributed by atoms with Crippen LogP contribution >= 0.6 is 17.0 Å². The maximum atomic E-state index is 10.3. The van der Waals surface area contributed by atoms with E-state index in [0.717, 1.165) is 5.82 Å². The number of halogens is 1. The van der Waals surface area contributed by atoms with E-state index in [2.05, 4.69) is 16.5 Å². The number of imidazole rings is 1. The van der Waals surface area contributed by atoms with Gasteiger partial charge in [0.2, 0.25) is 0 Å². The van der Waals surface area contributed by atoms with Crippen LogP contribution < -0.4 is 0 Å². The van der Waals surface area contributed by atoms with Gasteiger partial charge >= 0.3 is 5.97 Å². The molecule has 1 atom stereocenters. The molecule has 0 aromatic carbocycles. The first-order valence-corrected chi connectivity index (χ1v) is 4.07. The number of H-pyrrole nitrogens is 1. The summed E-state index contributed by atoms with van der Waals surface area (Å²) in [6, 6.07) is 0. The molecule has 0 bridgehead atoms. The third kappa shape index (κ3) is 3.74. The fraction of sp³-hybridized carbons (Fsp3) is 0.333. The van der Waals surface area contributed by atoms with Gasteiger partial charge in [0.05, 0.1) is 0 Å². The van der Waals surface area contributed by atoms with E-state index in [1.807, 2.05) is 0 Å². The lowest BCUT2D eigenvalue weighted by atomic mass is 10.0. The summed E-state index contributed by atoms with van der Waals surface area (Å²) < 4.78 is 0. The molecule has 1 aromatic rings. The first kappa shape index (κ1) is 12.9. The predicted octanol–water partition coefficient (Wildman–Crippen LogP) is 2.12. The topological polar surface area (TPSA) is 66.0 Å². The van der Waals surface area contributed by atoms with Gasteiger partial charge in [-0.1, -0.05) is 6.08 Å². The first-order valence-electron chi connectivity index (χ1n) is 4.07. The number of carbonyl (C=O) groups is 1. The number of aromatic amines is 1. The number of nitrogens with one attached hydrogen (secondary N) is 1. The molecule has 1 rings (SSSR count). The third-order valence-corrected chi connectivity index (χ3v) is 1.82. The van der Waals surface area contributed by atoms with Crippen molar-refractivity contribution in [3.63, 3.8) is 0 Å². The molecule has 0 aliphatic carbocycles. The van der Waals surface area contributed by atoms with Crippen LogP contribution in [0, 0.1) is 0 Å². The van der Waals surface area contributed by atoms with Gasteiger partial charge in [0, 0.05) is 24.7 Å². The SMILES string of the molecule is Br.C=CC(CCC(=O)O)c1ncc[nH]1. The second kappa shape index (κ2) is 6.37. The van der Waals surface area contributed by atoms with Crippen LogP contribution in [-0.2, 0) is 4.79 Å². The number of carboxylic acid groups (broad SMARTS) is 1. The molecule has 0 fully saturated rings. The van der Waals surface area contributed by atoms with Crippen LogP contribution in [0.25, 0.3) is 0 Å². The number of allylic oxidation sites excluding steroid dienone is 1. The summed E-state index contributed by atoms with van der Waals surface area (Å²) in [5, 5.41) is 8.49. The van der Waals surface area contributed by atoms with E-state index in [-0.39, 0.29) is 29.3 Å². The van der Waals surface area contributed by atoms with Gasteiger partial charge < -0.3 is 10.1 Å². The van der Waals surface area contributed by atoms with Crippen LogP contribution in [0.5, 0.6) is 0 Å². The minimum Gasteiger partial charge on any atom is -0.481 e. The molecule has 1 heterocycles. The highest BCUT2D eigenvalue weighted by molar-refractivity contribution is 8.93. The highest BCUT2D eigenvalue weighted by atomic mass is 79.9. The molecular formula is C9H13BrN2O2. The summed E-state index contributed by atoms with van der Waals surface area (Å²) in [6.45, 7) is 3.64. The van der Waals surface area contributed by atoms with Crippen LogP contribution in [0.3, 0.4) is 0 Å². The highest BCUT2D eigenvalue weighted by Crippen LogP contribution is 2.18. The zero-order valence-corrected chi connectivity index (χ0v) is 9.35. The van der Waals surface area contributed by atoms with Gasteiger partial charge in [0.15, 0.2) is 0 Å². The Balaban J connectivity index is 0.00000169. The molecule has 5 heteroatoms. The van der Waals surface area contributed by atoms with Gasteiger partial charge in [-0.05, 0) is 6.42 Å². The van der Waals surface area contributed by atoms with Gasteiger partial charge in [0.25, 0.3) is 0 Å². The lowest BCUT2D eigenvalue weighted by molar-refractivity contribution is -0.137. The van der Waals surface area contributed by atoms with E-state index in [9.17, 15) is 4.79 Å². The molecule has 78 valence electrons. The number of hydrogen-bond acceptors (Lipinski definition) is 2.